The molecule has 2 aromatic carbocycles. The van der Waals surface area contributed by atoms with Gasteiger partial charge >= 0.3 is 0 Å². The molecule has 0 bridgehead atoms. The van der Waals surface area contributed by atoms with Gasteiger partial charge in [0, 0.05) is 29.7 Å². The molecule has 0 spiro atoms. The zero-order chi connectivity index (χ0) is 31.4. The summed E-state index contributed by atoms with van der Waals surface area (Å²) in [6, 6.07) is 20.0. The van der Waals surface area contributed by atoms with Gasteiger partial charge in [0.25, 0.3) is 11.8 Å². The number of ether oxygens (including phenoxy) is 2. The Hall–Kier alpha value is -3.67. The van der Waals surface area contributed by atoms with Crippen LogP contribution in [0.15, 0.2) is 72.9 Å². The van der Waals surface area contributed by atoms with E-state index in [1.807, 2.05) is 42.6 Å². The van der Waals surface area contributed by atoms with Crippen molar-refractivity contribution in [1.29, 1.82) is 0 Å². The van der Waals surface area contributed by atoms with Crippen LogP contribution in [-0.2, 0) is 13.1 Å². The molecule has 0 atom stereocenters. The molecule has 2 amide bonds. The monoisotopic (exact) mass is 601 g/mol. The number of carbonyl (C=O) groups is 2. The minimum atomic E-state index is -0.372. The highest BCUT2D eigenvalue weighted by Gasteiger charge is 2.28. The van der Waals surface area contributed by atoms with Crippen molar-refractivity contribution in [2.24, 2.45) is 0 Å². The highest BCUT2D eigenvalue weighted by atomic mass is 16.5. The van der Waals surface area contributed by atoms with Crippen molar-refractivity contribution in [3.05, 3.63) is 89.7 Å². The van der Waals surface area contributed by atoms with Gasteiger partial charge in [0.05, 0.1) is 13.7 Å². The average molecular weight is 602 g/mol. The van der Waals surface area contributed by atoms with Crippen LogP contribution in [0.5, 0.6) is 11.5 Å². The van der Waals surface area contributed by atoms with E-state index in [-0.39, 0.29) is 18.4 Å². The number of imide groups is 1. The van der Waals surface area contributed by atoms with Gasteiger partial charge in [0.1, 0.15) is 13.1 Å². The van der Waals surface area contributed by atoms with Crippen LogP contribution in [-0.4, -0.2) is 30.4 Å². The summed E-state index contributed by atoms with van der Waals surface area (Å²) in [5.74, 6) is 0.389. The number of rotatable bonds is 21. The summed E-state index contributed by atoms with van der Waals surface area (Å²) in [5, 5.41) is 0. The second-order valence-corrected chi connectivity index (χ2v) is 11.6. The lowest BCUT2D eigenvalue weighted by Crippen LogP contribution is -2.44. The first-order valence-corrected chi connectivity index (χ1v) is 16.8. The number of nitrogens with zero attached hydrogens (tertiary/aromatic N) is 2. The van der Waals surface area contributed by atoms with Gasteiger partial charge in [0.2, 0.25) is 5.69 Å². The van der Waals surface area contributed by atoms with Crippen LogP contribution in [0.25, 0.3) is 0 Å². The average Bonchev–Trinajstić information content (AvgIpc) is 3.06. The minimum Gasteiger partial charge on any atom is -0.493 e. The van der Waals surface area contributed by atoms with Gasteiger partial charge in [-0.05, 0) is 36.8 Å². The number of pyridine rings is 1. The van der Waals surface area contributed by atoms with Crippen LogP contribution in [0.2, 0.25) is 0 Å². The molecule has 3 rings (SSSR count). The summed E-state index contributed by atoms with van der Waals surface area (Å²) in [6.07, 6.45) is 18.3. The maximum atomic E-state index is 14.0. The smallest absolute Gasteiger partial charge is 0.261 e. The summed E-state index contributed by atoms with van der Waals surface area (Å²) >= 11 is 0. The molecule has 44 heavy (non-hydrogen) atoms. The molecule has 0 unspecified atom stereocenters. The number of hydrogen-bond acceptors (Lipinski definition) is 4. The fraction of sp³-hybridized carbons (Fsp3) is 0.500. The van der Waals surface area contributed by atoms with Gasteiger partial charge in [-0.25, -0.2) is 4.57 Å². The maximum absolute atomic E-state index is 14.0. The molecule has 6 nitrogen and oxygen atoms in total. The molecule has 6 heteroatoms. The van der Waals surface area contributed by atoms with Crippen LogP contribution in [0.3, 0.4) is 0 Å². The number of aromatic nitrogens is 1. The third kappa shape index (κ3) is 11.4. The van der Waals surface area contributed by atoms with Gasteiger partial charge in [-0.1, -0.05) is 109 Å². The van der Waals surface area contributed by atoms with Gasteiger partial charge in [0.15, 0.2) is 17.7 Å². The molecule has 1 aromatic heterocycles. The van der Waals surface area contributed by atoms with Crippen molar-refractivity contribution in [2.75, 3.05) is 13.7 Å². The number of aryl methyl sites for hydroxylation is 1. The predicted octanol–water partition coefficient (Wildman–Crippen LogP) is 8.96. The van der Waals surface area contributed by atoms with E-state index in [1.165, 1.54) is 69.1 Å². The lowest BCUT2D eigenvalue weighted by Gasteiger charge is -2.21. The summed E-state index contributed by atoms with van der Waals surface area (Å²) in [5.41, 5.74) is 1.75. The Balaban J connectivity index is 1.61. The zero-order valence-electron chi connectivity index (χ0n) is 27.3. The molecular weight excluding hydrogens is 548 g/mol. The van der Waals surface area contributed by atoms with Crippen molar-refractivity contribution >= 4 is 11.8 Å². The van der Waals surface area contributed by atoms with Crippen LogP contribution in [0.4, 0.5) is 0 Å². The standard InChI is InChI=1S/C38H53N2O4/c1-4-6-7-8-9-10-11-12-13-14-15-21-29-44-36-30-33(25-26-35(36)43-3)38(42)40(37(41)32-22-17-16-18-23-32)31-34-24-19-20-28-39(34)27-5-2/h16-20,22-26,28,30H,4-15,21,27,29,31H2,1-3H3/q+1. The Bertz CT molecular complexity index is 1260. The normalized spacial score (nSPS) is 10.9. The van der Waals surface area contributed by atoms with E-state index in [9.17, 15) is 9.59 Å². The Morgan fingerprint density at radius 1 is 0.659 bits per heavy atom. The quantitative estimate of drug-likeness (QED) is 0.0695. The number of benzene rings is 2. The van der Waals surface area contributed by atoms with Crippen molar-refractivity contribution in [2.45, 2.75) is 110 Å². The lowest BCUT2D eigenvalue weighted by atomic mass is 10.1. The zero-order valence-corrected chi connectivity index (χ0v) is 27.3. The summed E-state index contributed by atoms with van der Waals surface area (Å²) in [6.45, 7) is 5.89. The number of hydrogen-bond donors (Lipinski definition) is 0. The first-order valence-electron chi connectivity index (χ1n) is 16.8. The van der Waals surface area contributed by atoms with E-state index >= 15 is 0 Å². The molecule has 0 fully saturated rings. The van der Waals surface area contributed by atoms with Crippen LogP contribution < -0.4 is 14.0 Å². The van der Waals surface area contributed by atoms with Gasteiger partial charge in [-0.15, -0.1) is 0 Å². The van der Waals surface area contributed by atoms with Crippen LogP contribution >= 0.6 is 0 Å². The molecule has 0 radical (unpaired) electrons. The highest BCUT2D eigenvalue weighted by molar-refractivity contribution is 6.10. The van der Waals surface area contributed by atoms with Crippen molar-refractivity contribution in [1.82, 2.24) is 4.90 Å². The first-order chi connectivity index (χ1) is 21.6. The molecule has 238 valence electrons. The Kier molecular flexibility index (Phi) is 16.1. The predicted molar refractivity (Wildman–Crippen MR) is 177 cm³/mol. The Morgan fingerprint density at radius 3 is 1.91 bits per heavy atom. The van der Waals surface area contributed by atoms with Crippen LogP contribution in [0.1, 0.15) is 124 Å². The Labute approximate surface area is 265 Å². The van der Waals surface area contributed by atoms with E-state index < -0.39 is 0 Å². The number of unbranched alkanes of at least 4 members (excludes halogenated alkanes) is 11. The van der Waals surface area contributed by atoms with Gasteiger partial charge in [-0.2, -0.15) is 0 Å². The molecule has 3 aromatic rings. The van der Waals surface area contributed by atoms with Gasteiger partial charge in [-0.3, -0.25) is 14.5 Å². The summed E-state index contributed by atoms with van der Waals surface area (Å²) in [4.78, 5) is 29.0. The van der Waals surface area contributed by atoms with Crippen molar-refractivity contribution < 1.29 is 23.6 Å². The molecule has 0 saturated heterocycles. The van der Waals surface area contributed by atoms with E-state index in [0.717, 1.165) is 31.5 Å². The third-order valence-electron chi connectivity index (χ3n) is 8.00. The molecule has 0 saturated carbocycles. The summed E-state index contributed by atoms with van der Waals surface area (Å²) in [7, 11) is 1.60. The fourth-order valence-corrected chi connectivity index (χ4v) is 5.45. The molecule has 1 heterocycles. The second kappa shape index (κ2) is 20.3. The molecule has 0 aliphatic rings. The third-order valence-corrected chi connectivity index (χ3v) is 8.00. The van der Waals surface area contributed by atoms with E-state index in [4.69, 9.17) is 9.47 Å². The number of methoxy groups -OCH3 is 1. The largest absolute Gasteiger partial charge is 0.493 e. The maximum Gasteiger partial charge on any atom is 0.261 e. The van der Waals surface area contributed by atoms with E-state index in [0.29, 0.717) is 29.2 Å². The molecule has 0 N–H and O–H groups in total. The highest BCUT2D eigenvalue weighted by Crippen LogP contribution is 2.29. The second-order valence-electron chi connectivity index (χ2n) is 11.6. The van der Waals surface area contributed by atoms with Crippen molar-refractivity contribution in [3.8, 4) is 11.5 Å². The lowest BCUT2D eigenvalue weighted by molar-refractivity contribution is -0.704. The number of carbonyl (C=O) groups excluding carboxylic acids is 2. The SMILES string of the molecule is CCCCCCCCCCCCCCOc1cc(C(=O)N(Cc2cccc[n+]2CCC)C(=O)c2ccccc2)ccc1OC. The topological polar surface area (TPSA) is 59.7 Å². The first kappa shape index (κ1) is 34.8. The molecule has 0 aliphatic heterocycles. The number of amides is 2. The Morgan fingerprint density at radius 2 is 1.27 bits per heavy atom. The van der Waals surface area contributed by atoms with Crippen molar-refractivity contribution in [3.63, 3.8) is 0 Å². The molecule has 0 aliphatic carbocycles. The van der Waals surface area contributed by atoms with E-state index in [2.05, 4.69) is 18.4 Å². The van der Waals surface area contributed by atoms with Crippen LogP contribution in [0, 0.1) is 0 Å². The van der Waals surface area contributed by atoms with Gasteiger partial charge < -0.3 is 9.47 Å². The molecular formula is C38H53N2O4+. The fourth-order valence-electron chi connectivity index (χ4n) is 5.45. The summed E-state index contributed by atoms with van der Waals surface area (Å²) < 4.78 is 13.8. The minimum absolute atomic E-state index is 0.161. The van der Waals surface area contributed by atoms with E-state index in [1.54, 1.807) is 37.4 Å².